The highest BCUT2D eigenvalue weighted by Crippen LogP contribution is 2.54. The SMILES string of the molecule is C=CCN1CC[C@@]2(c3cccc(OC)c3)C[C@H](N(C)C(=O)c3ccccc3)CC[C@]2(OC)C1. The third kappa shape index (κ3) is 4.20. The van der Waals surface area contributed by atoms with Crippen LogP contribution in [-0.2, 0) is 10.2 Å². The van der Waals surface area contributed by atoms with E-state index in [0.717, 1.165) is 56.6 Å². The van der Waals surface area contributed by atoms with E-state index in [1.165, 1.54) is 5.56 Å². The Morgan fingerprint density at radius 3 is 2.67 bits per heavy atom. The molecule has 2 fully saturated rings. The number of hydrogen-bond donors (Lipinski definition) is 0. The Morgan fingerprint density at radius 1 is 1.18 bits per heavy atom. The molecule has 1 amide bonds. The van der Waals surface area contributed by atoms with Crippen molar-refractivity contribution in [1.82, 2.24) is 9.80 Å². The van der Waals surface area contributed by atoms with Gasteiger partial charge >= 0.3 is 0 Å². The minimum absolute atomic E-state index is 0.0791. The molecule has 1 aliphatic heterocycles. The van der Waals surface area contributed by atoms with Gasteiger partial charge in [-0.1, -0.05) is 36.4 Å². The smallest absolute Gasteiger partial charge is 0.253 e. The molecule has 5 nitrogen and oxygen atoms in total. The van der Waals surface area contributed by atoms with Crippen LogP contribution in [-0.4, -0.2) is 68.3 Å². The molecule has 0 radical (unpaired) electrons. The van der Waals surface area contributed by atoms with Gasteiger partial charge in [-0.15, -0.1) is 6.58 Å². The molecular formula is C28H36N2O3. The van der Waals surface area contributed by atoms with Crippen molar-refractivity contribution in [2.24, 2.45) is 0 Å². The zero-order chi connectivity index (χ0) is 23.5. The van der Waals surface area contributed by atoms with Gasteiger partial charge in [-0.3, -0.25) is 9.69 Å². The number of methoxy groups -OCH3 is 2. The molecule has 0 aromatic heterocycles. The summed E-state index contributed by atoms with van der Waals surface area (Å²) in [6, 6.07) is 18.2. The predicted molar refractivity (Wildman–Crippen MR) is 132 cm³/mol. The van der Waals surface area contributed by atoms with Gasteiger partial charge in [-0.05, 0) is 62.1 Å². The Bertz CT molecular complexity index is 978. The van der Waals surface area contributed by atoms with Crippen LogP contribution in [0.25, 0.3) is 0 Å². The van der Waals surface area contributed by atoms with Crippen LogP contribution in [0.15, 0.2) is 67.3 Å². The number of likely N-dealkylation sites (tertiary alicyclic amines) is 1. The molecule has 0 spiro atoms. The predicted octanol–water partition coefficient (Wildman–Crippen LogP) is 4.53. The molecular weight excluding hydrogens is 412 g/mol. The second-order valence-corrected chi connectivity index (χ2v) is 9.46. The number of nitrogens with zero attached hydrogens (tertiary/aromatic N) is 2. The van der Waals surface area contributed by atoms with Gasteiger partial charge in [0.15, 0.2) is 0 Å². The number of rotatable bonds is 7. The van der Waals surface area contributed by atoms with Gasteiger partial charge in [-0.2, -0.15) is 0 Å². The molecule has 1 saturated heterocycles. The molecule has 2 aromatic carbocycles. The summed E-state index contributed by atoms with van der Waals surface area (Å²) >= 11 is 0. The van der Waals surface area contributed by atoms with Crippen molar-refractivity contribution in [1.29, 1.82) is 0 Å². The van der Waals surface area contributed by atoms with E-state index in [-0.39, 0.29) is 23.0 Å². The quantitative estimate of drug-likeness (QED) is 0.584. The second kappa shape index (κ2) is 9.70. The van der Waals surface area contributed by atoms with Gasteiger partial charge < -0.3 is 14.4 Å². The van der Waals surface area contributed by atoms with E-state index < -0.39 is 0 Å². The van der Waals surface area contributed by atoms with Gasteiger partial charge in [0.05, 0.1) is 12.7 Å². The molecule has 2 aromatic rings. The van der Waals surface area contributed by atoms with Crippen molar-refractivity contribution < 1.29 is 14.3 Å². The Kier molecular flexibility index (Phi) is 6.91. The van der Waals surface area contributed by atoms with Gasteiger partial charge in [0.1, 0.15) is 5.75 Å². The average Bonchev–Trinajstić information content (AvgIpc) is 2.88. The van der Waals surface area contributed by atoms with E-state index in [2.05, 4.69) is 29.7 Å². The lowest BCUT2D eigenvalue weighted by Gasteiger charge is -2.60. The number of carbonyl (C=O) groups is 1. The summed E-state index contributed by atoms with van der Waals surface area (Å²) in [5.41, 5.74) is 1.45. The summed E-state index contributed by atoms with van der Waals surface area (Å²) in [5, 5.41) is 0. The molecule has 1 aliphatic carbocycles. The fraction of sp³-hybridized carbons (Fsp3) is 0.464. The Hall–Kier alpha value is -2.63. The maximum absolute atomic E-state index is 13.3. The highest BCUT2D eigenvalue weighted by molar-refractivity contribution is 5.94. The van der Waals surface area contributed by atoms with Crippen molar-refractivity contribution in [2.75, 3.05) is 40.9 Å². The van der Waals surface area contributed by atoms with Gasteiger partial charge in [-0.25, -0.2) is 0 Å². The number of benzene rings is 2. The van der Waals surface area contributed by atoms with Gasteiger partial charge in [0.25, 0.3) is 5.91 Å². The molecule has 3 atom stereocenters. The topological polar surface area (TPSA) is 42.0 Å². The standard InChI is InChI=1S/C28H36N2O3/c1-5-17-30-18-16-27(23-12-9-13-25(19-23)32-3)20-24(14-15-28(27,21-30)33-4)29(2)26(31)22-10-7-6-8-11-22/h5-13,19,24H,1,14-18,20-21H2,2-4H3/t24-,27+,28+/m1/s1. The third-order valence-corrected chi connectivity index (χ3v) is 7.96. The Labute approximate surface area is 198 Å². The van der Waals surface area contributed by atoms with Gasteiger partial charge in [0.2, 0.25) is 0 Å². The number of piperidine rings is 1. The fourth-order valence-corrected chi connectivity index (χ4v) is 6.11. The summed E-state index contributed by atoms with van der Waals surface area (Å²) < 4.78 is 12.0. The summed E-state index contributed by atoms with van der Waals surface area (Å²) in [6.45, 7) is 6.63. The molecule has 0 unspecified atom stereocenters. The average molecular weight is 449 g/mol. The molecule has 0 bridgehead atoms. The number of fused-ring (bicyclic) bond motifs is 1. The molecule has 33 heavy (non-hydrogen) atoms. The molecule has 1 heterocycles. The molecule has 2 aliphatic rings. The minimum atomic E-state index is -0.326. The zero-order valence-corrected chi connectivity index (χ0v) is 20.1. The van der Waals surface area contributed by atoms with Crippen molar-refractivity contribution in [3.8, 4) is 5.75 Å². The van der Waals surface area contributed by atoms with Crippen molar-refractivity contribution >= 4 is 5.91 Å². The first kappa shape index (κ1) is 23.5. The Morgan fingerprint density at radius 2 is 1.97 bits per heavy atom. The van der Waals surface area contributed by atoms with Crippen molar-refractivity contribution in [3.05, 3.63) is 78.4 Å². The van der Waals surface area contributed by atoms with Gasteiger partial charge in [0, 0.05) is 44.3 Å². The maximum atomic E-state index is 13.3. The lowest BCUT2D eigenvalue weighted by molar-refractivity contribution is -0.151. The van der Waals surface area contributed by atoms with Crippen LogP contribution in [0.4, 0.5) is 0 Å². The van der Waals surface area contributed by atoms with E-state index in [4.69, 9.17) is 9.47 Å². The number of carbonyl (C=O) groups excluding carboxylic acids is 1. The molecule has 5 heteroatoms. The summed E-state index contributed by atoms with van der Waals surface area (Å²) in [6.07, 6.45) is 5.61. The van der Waals surface area contributed by atoms with E-state index in [1.54, 1.807) is 7.11 Å². The highest BCUT2D eigenvalue weighted by atomic mass is 16.5. The summed E-state index contributed by atoms with van der Waals surface area (Å²) in [7, 11) is 5.51. The Balaban J connectivity index is 1.72. The monoisotopic (exact) mass is 448 g/mol. The third-order valence-electron chi connectivity index (χ3n) is 7.96. The fourth-order valence-electron chi connectivity index (χ4n) is 6.11. The van der Waals surface area contributed by atoms with Crippen LogP contribution in [0.1, 0.15) is 41.6 Å². The first-order chi connectivity index (χ1) is 16.0. The first-order valence-electron chi connectivity index (χ1n) is 11.8. The van der Waals surface area contributed by atoms with E-state index in [9.17, 15) is 4.79 Å². The van der Waals surface area contributed by atoms with Crippen molar-refractivity contribution in [3.63, 3.8) is 0 Å². The van der Waals surface area contributed by atoms with Crippen LogP contribution in [0, 0.1) is 0 Å². The lowest BCUT2D eigenvalue weighted by atomic mass is 9.55. The minimum Gasteiger partial charge on any atom is -0.497 e. The molecule has 4 rings (SSSR count). The zero-order valence-electron chi connectivity index (χ0n) is 20.1. The van der Waals surface area contributed by atoms with E-state index in [0.29, 0.717) is 0 Å². The van der Waals surface area contributed by atoms with Crippen LogP contribution in [0.3, 0.4) is 0 Å². The molecule has 0 N–H and O–H groups in total. The van der Waals surface area contributed by atoms with Crippen LogP contribution >= 0.6 is 0 Å². The number of amides is 1. The van der Waals surface area contributed by atoms with Crippen LogP contribution in [0.5, 0.6) is 5.75 Å². The van der Waals surface area contributed by atoms with Crippen LogP contribution < -0.4 is 4.74 Å². The van der Waals surface area contributed by atoms with Crippen LogP contribution in [0.2, 0.25) is 0 Å². The van der Waals surface area contributed by atoms with E-state index >= 15 is 0 Å². The molecule has 176 valence electrons. The second-order valence-electron chi connectivity index (χ2n) is 9.46. The lowest BCUT2D eigenvalue weighted by Crippen LogP contribution is -2.68. The summed E-state index contributed by atoms with van der Waals surface area (Å²) in [5.74, 6) is 0.937. The highest BCUT2D eigenvalue weighted by Gasteiger charge is 2.59. The number of hydrogen-bond acceptors (Lipinski definition) is 4. The summed E-state index contributed by atoms with van der Waals surface area (Å²) in [4.78, 5) is 17.7. The first-order valence-corrected chi connectivity index (χ1v) is 11.8. The number of ether oxygens (including phenoxy) is 2. The molecule has 1 saturated carbocycles. The maximum Gasteiger partial charge on any atom is 0.253 e. The largest absolute Gasteiger partial charge is 0.497 e. The normalized spacial score (nSPS) is 27.4. The van der Waals surface area contributed by atoms with Crippen molar-refractivity contribution in [2.45, 2.75) is 42.7 Å². The van der Waals surface area contributed by atoms with E-state index in [1.807, 2.05) is 61.5 Å².